The molecule has 0 spiro atoms. The monoisotopic (exact) mass is 356 g/mol. The van der Waals surface area contributed by atoms with Gasteiger partial charge in [-0.25, -0.2) is 0 Å². The number of hydrogen-bond donors (Lipinski definition) is 2. The Hall–Kier alpha value is -1.20. The van der Waals surface area contributed by atoms with E-state index in [1.54, 1.807) is 24.3 Å². The number of halogens is 2. The van der Waals surface area contributed by atoms with Gasteiger partial charge in [-0.1, -0.05) is 0 Å². The summed E-state index contributed by atoms with van der Waals surface area (Å²) in [6, 6.07) is 6.56. The molecule has 3 rings (SSSR count). The lowest BCUT2D eigenvalue weighted by molar-refractivity contribution is 0.472. The van der Waals surface area contributed by atoms with Crippen molar-refractivity contribution in [1.29, 1.82) is 0 Å². The van der Waals surface area contributed by atoms with Gasteiger partial charge in [0.2, 0.25) is 0 Å². The summed E-state index contributed by atoms with van der Waals surface area (Å²) in [5.41, 5.74) is 1.30. The normalized spacial score (nSPS) is 11.4. The Bertz CT molecular complexity index is 746. The van der Waals surface area contributed by atoms with Crippen molar-refractivity contribution in [2.75, 3.05) is 0 Å². The Morgan fingerprint density at radius 1 is 0.941 bits per heavy atom. The van der Waals surface area contributed by atoms with Crippen LogP contribution in [0.25, 0.3) is 21.9 Å². The van der Waals surface area contributed by atoms with Crippen LogP contribution in [0.4, 0.5) is 0 Å². The van der Waals surface area contributed by atoms with Crippen molar-refractivity contribution in [2.45, 2.75) is 0 Å². The number of phenols is 2. The number of phenolic OH excluding ortho intramolecular Hbond substituents is 2. The van der Waals surface area contributed by atoms with Crippen molar-refractivity contribution < 1.29 is 14.6 Å². The van der Waals surface area contributed by atoms with Crippen LogP contribution in [0.15, 0.2) is 37.6 Å². The van der Waals surface area contributed by atoms with Crippen molar-refractivity contribution in [3.05, 3.63) is 33.2 Å². The first kappa shape index (κ1) is 10.9. The third kappa shape index (κ3) is 1.53. The fourth-order valence-corrected chi connectivity index (χ4v) is 2.69. The van der Waals surface area contributed by atoms with E-state index >= 15 is 0 Å². The van der Waals surface area contributed by atoms with Gasteiger partial charge in [0.05, 0.1) is 8.95 Å². The van der Waals surface area contributed by atoms with E-state index in [4.69, 9.17) is 4.42 Å². The third-order valence-electron chi connectivity index (χ3n) is 2.62. The first-order valence-corrected chi connectivity index (χ1v) is 6.38. The molecule has 2 aromatic carbocycles. The molecule has 3 nitrogen and oxygen atoms in total. The van der Waals surface area contributed by atoms with Crippen LogP contribution in [0.2, 0.25) is 0 Å². The molecule has 5 heteroatoms. The van der Waals surface area contributed by atoms with Crippen LogP contribution in [-0.4, -0.2) is 10.2 Å². The predicted octanol–water partition coefficient (Wildman–Crippen LogP) is 4.52. The van der Waals surface area contributed by atoms with Gasteiger partial charge in [-0.15, -0.1) is 0 Å². The molecule has 0 fully saturated rings. The highest BCUT2D eigenvalue weighted by Crippen LogP contribution is 2.41. The minimum atomic E-state index is 0.135. The van der Waals surface area contributed by atoms with Crippen molar-refractivity contribution in [3.8, 4) is 11.5 Å². The first-order valence-electron chi connectivity index (χ1n) is 4.80. The maximum absolute atomic E-state index is 9.69. The summed E-state index contributed by atoms with van der Waals surface area (Å²) in [7, 11) is 0. The largest absolute Gasteiger partial charge is 0.507 e. The molecule has 0 amide bonds. The van der Waals surface area contributed by atoms with Gasteiger partial charge in [-0.05, 0) is 56.1 Å². The quantitative estimate of drug-likeness (QED) is 0.621. The second-order valence-electron chi connectivity index (χ2n) is 3.67. The van der Waals surface area contributed by atoms with Gasteiger partial charge >= 0.3 is 0 Å². The molecule has 0 radical (unpaired) electrons. The molecule has 0 aliphatic carbocycles. The molecule has 2 N–H and O–H groups in total. The molecule has 1 aromatic heterocycles. The fourth-order valence-electron chi connectivity index (χ4n) is 1.83. The Morgan fingerprint density at radius 3 is 2.47 bits per heavy atom. The van der Waals surface area contributed by atoms with E-state index in [9.17, 15) is 10.2 Å². The molecule has 0 saturated heterocycles. The van der Waals surface area contributed by atoms with E-state index in [1.807, 2.05) is 0 Å². The van der Waals surface area contributed by atoms with E-state index in [-0.39, 0.29) is 11.5 Å². The molecule has 0 unspecified atom stereocenters. The second kappa shape index (κ2) is 3.65. The van der Waals surface area contributed by atoms with Crippen molar-refractivity contribution in [2.24, 2.45) is 0 Å². The van der Waals surface area contributed by atoms with Gasteiger partial charge in [0.1, 0.15) is 22.7 Å². The van der Waals surface area contributed by atoms with Crippen LogP contribution < -0.4 is 0 Å². The SMILES string of the molecule is Oc1cc2c(cc1Br)oc1ccc(O)c(Br)c12. The minimum absolute atomic E-state index is 0.135. The minimum Gasteiger partial charge on any atom is -0.507 e. The number of rotatable bonds is 0. The molecule has 0 aliphatic rings. The zero-order valence-electron chi connectivity index (χ0n) is 8.37. The number of fused-ring (bicyclic) bond motifs is 3. The average molecular weight is 358 g/mol. The molecule has 3 aromatic rings. The second-order valence-corrected chi connectivity index (χ2v) is 5.32. The van der Waals surface area contributed by atoms with Gasteiger partial charge in [-0.2, -0.15) is 0 Å². The lowest BCUT2D eigenvalue weighted by Gasteiger charge is -1.98. The molecular weight excluding hydrogens is 352 g/mol. The summed E-state index contributed by atoms with van der Waals surface area (Å²) in [5.74, 6) is 0.276. The number of benzene rings is 2. The zero-order valence-corrected chi connectivity index (χ0v) is 11.5. The van der Waals surface area contributed by atoms with Crippen LogP contribution in [0.5, 0.6) is 11.5 Å². The average Bonchev–Trinajstić information content (AvgIpc) is 2.63. The summed E-state index contributed by atoms with van der Waals surface area (Å²) < 4.78 is 6.78. The molecule has 17 heavy (non-hydrogen) atoms. The third-order valence-corrected chi connectivity index (χ3v) is 4.06. The van der Waals surface area contributed by atoms with E-state index in [1.165, 1.54) is 0 Å². The molecule has 86 valence electrons. The van der Waals surface area contributed by atoms with Crippen LogP contribution in [0, 0.1) is 0 Å². The predicted molar refractivity (Wildman–Crippen MR) is 72.4 cm³/mol. The Kier molecular flexibility index (Phi) is 2.34. The van der Waals surface area contributed by atoms with Crippen LogP contribution >= 0.6 is 31.9 Å². The molecule has 0 saturated carbocycles. The molecule has 0 atom stereocenters. The maximum atomic E-state index is 9.69. The van der Waals surface area contributed by atoms with Crippen LogP contribution in [-0.2, 0) is 0 Å². The zero-order chi connectivity index (χ0) is 12.2. The van der Waals surface area contributed by atoms with Gasteiger partial charge in [0.25, 0.3) is 0 Å². The molecular formula is C12H6Br2O3. The highest BCUT2D eigenvalue weighted by atomic mass is 79.9. The number of furan rings is 1. The summed E-state index contributed by atoms with van der Waals surface area (Å²) >= 11 is 6.56. The number of aromatic hydroxyl groups is 2. The Labute approximate surface area is 113 Å². The topological polar surface area (TPSA) is 53.6 Å². The van der Waals surface area contributed by atoms with Gasteiger partial charge in [0, 0.05) is 10.8 Å². The van der Waals surface area contributed by atoms with E-state index in [0.29, 0.717) is 20.1 Å². The summed E-state index contributed by atoms with van der Waals surface area (Å²) in [4.78, 5) is 0. The maximum Gasteiger partial charge on any atom is 0.136 e. The van der Waals surface area contributed by atoms with E-state index in [2.05, 4.69) is 31.9 Å². The Morgan fingerprint density at radius 2 is 1.71 bits per heavy atom. The number of hydrogen-bond acceptors (Lipinski definition) is 3. The fraction of sp³-hybridized carbons (Fsp3) is 0. The smallest absolute Gasteiger partial charge is 0.136 e. The standard InChI is InChI=1S/C12H6Br2O3/c13-6-4-10-5(3-8(6)16)11-9(17-10)2-1-7(15)12(11)14/h1-4,15-16H. The molecule has 0 bridgehead atoms. The highest BCUT2D eigenvalue weighted by molar-refractivity contribution is 9.11. The molecule has 0 aliphatic heterocycles. The molecule has 1 heterocycles. The van der Waals surface area contributed by atoms with Gasteiger partial charge in [-0.3, -0.25) is 0 Å². The van der Waals surface area contributed by atoms with Crippen molar-refractivity contribution in [3.63, 3.8) is 0 Å². The van der Waals surface area contributed by atoms with Crippen molar-refractivity contribution in [1.82, 2.24) is 0 Å². The van der Waals surface area contributed by atoms with Crippen LogP contribution in [0.1, 0.15) is 0 Å². The highest BCUT2D eigenvalue weighted by Gasteiger charge is 2.14. The summed E-state index contributed by atoms with van der Waals surface area (Å²) in [6.07, 6.45) is 0. The van der Waals surface area contributed by atoms with Crippen molar-refractivity contribution >= 4 is 53.8 Å². The summed E-state index contributed by atoms with van der Waals surface area (Å²) in [5, 5.41) is 20.9. The summed E-state index contributed by atoms with van der Waals surface area (Å²) in [6.45, 7) is 0. The first-order chi connectivity index (χ1) is 8.08. The lowest BCUT2D eigenvalue weighted by atomic mass is 10.1. The van der Waals surface area contributed by atoms with Gasteiger partial charge < -0.3 is 14.6 Å². The van der Waals surface area contributed by atoms with Gasteiger partial charge in [0.15, 0.2) is 0 Å². The van der Waals surface area contributed by atoms with E-state index in [0.717, 1.165) is 10.8 Å². The van der Waals surface area contributed by atoms with E-state index < -0.39 is 0 Å². The Balaban J connectivity index is 2.58. The van der Waals surface area contributed by atoms with Crippen LogP contribution in [0.3, 0.4) is 0 Å². The lowest BCUT2D eigenvalue weighted by Crippen LogP contribution is -1.73.